The summed E-state index contributed by atoms with van der Waals surface area (Å²) in [6.45, 7) is 0. The Morgan fingerprint density at radius 3 is 2.52 bits per heavy atom. The number of rotatable bonds is 4. The van der Waals surface area contributed by atoms with E-state index in [9.17, 15) is 9.59 Å². The second kappa shape index (κ2) is 7.89. The van der Waals surface area contributed by atoms with Crippen LogP contribution in [0.3, 0.4) is 0 Å². The van der Waals surface area contributed by atoms with Gasteiger partial charge in [-0.25, -0.2) is 0 Å². The number of allylic oxidation sites excluding steroid dienone is 2. The van der Waals surface area contributed by atoms with Gasteiger partial charge in [-0.1, -0.05) is 48.6 Å². The summed E-state index contributed by atoms with van der Waals surface area (Å²) in [5, 5.41) is 4.55. The van der Waals surface area contributed by atoms with Crippen LogP contribution in [0.4, 0.5) is 5.69 Å². The van der Waals surface area contributed by atoms with Crippen LogP contribution in [0.25, 0.3) is 21.9 Å². The molecule has 0 saturated heterocycles. The summed E-state index contributed by atoms with van der Waals surface area (Å²) in [5.74, 6) is -0.0801. The van der Waals surface area contributed by atoms with Gasteiger partial charge in [-0.3, -0.25) is 9.59 Å². The molecule has 5 nitrogen and oxygen atoms in total. The molecule has 0 fully saturated rings. The van der Waals surface area contributed by atoms with E-state index in [2.05, 4.69) is 21.3 Å². The maximum absolute atomic E-state index is 12.6. The van der Waals surface area contributed by atoms with Crippen molar-refractivity contribution in [2.24, 2.45) is 0 Å². The third kappa shape index (κ3) is 3.91. The molecule has 1 aliphatic rings. The number of anilines is 1. The summed E-state index contributed by atoms with van der Waals surface area (Å²) < 4.78 is 0. The second-order valence-electron chi connectivity index (χ2n) is 7.42. The quantitative estimate of drug-likeness (QED) is 0.715. The number of likely N-dealkylation sites (N-methyl/N-ethyl adjacent to an activating group) is 1. The highest BCUT2D eigenvalue weighted by Gasteiger charge is 2.18. The molecule has 1 atom stereocenters. The summed E-state index contributed by atoms with van der Waals surface area (Å²) >= 11 is 0. The van der Waals surface area contributed by atoms with E-state index >= 15 is 0 Å². The lowest BCUT2D eigenvalue weighted by molar-refractivity contribution is -0.113. The number of hydrogen-bond acceptors (Lipinski definition) is 3. The monoisotopic (exact) mass is 385 g/mol. The lowest BCUT2D eigenvalue weighted by Gasteiger charge is -2.24. The Morgan fingerprint density at radius 2 is 1.79 bits per heavy atom. The highest BCUT2D eigenvalue weighted by atomic mass is 16.1. The number of pyridine rings is 1. The minimum absolute atomic E-state index is 0.0801. The third-order valence-electron chi connectivity index (χ3n) is 5.28. The maximum Gasteiger partial charge on any atom is 0.255 e. The molecule has 1 amide bonds. The molecule has 2 N–H and O–H groups in total. The van der Waals surface area contributed by atoms with Gasteiger partial charge in [0.15, 0.2) is 0 Å². The van der Waals surface area contributed by atoms with Crippen molar-refractivity contribution in [3.63, 3.8) is 0 Å². The van der Waals surface area contributed by atoms with Gasteiger partial charge in [0.2, 0.25) is 0 Å². The highest BCUT2D eigenvalue weighted by molar-refractivity contribution is 6.04. The molecule has 2 aromatic carbocycles. The molecule has 4 rings (SSSR count). The van der Waals surface area contributed by atoms with Gasteiger partial charge in [-0.2, -0.15) is 0 Å². The number of nitrogens with zero attached hydrogens (tertiary/aromatic N) is 1. The van der Waals surface area contributed by atoms with Crippen molar-refractivity contribution in [2.45, 2.75) is 12.5 Å². The Labute approximate surface area is 169 Å². The molecular formula is C24H23N3O2. The van der Waals surface area contributed by atoms with Crippen LogP contribution in [0.2, 0.25) is 0 Å². The van der Waals surface area contributed by atoms with Crippen LogP contribution in [-0.4, -0.2) is 35.9 Å². The zero-order valence-corrected chi connectivity index (χ0v) is 16.5. The number of carbonyl (C=O) groups is 1. The van der Waals surface area contributed by atoms with Gasteiger partial charge in [-0.15, -0.1) is 0 Å². The molecule has 3 aromatic rings. The first-order chi connectivity index (χ1) is 14.0. The fourth-order valence-corrected chi connectivity index (χ4v) is 3.58. The van der Waals surface area contributed by atoms with E-state index < -0.39 is 0 Å². The number of H-pyrrole nitrogens is 1. The molecule has 0 radical (unpaired) electrons. The van der Waals surface area contributed by atoms with Crippen molar-refractivity contribution in [3.05, 3.63) is 88.9 Å². The van der Waals surface area contributed by atoms with Gasteiger partial charge in [0.05, 0.1) is 0 Å². The van der Waals surface area contributed by atoms with Crippen LogP contribution in [0.15, 0.2) is 83.3 Å². The van der Waals surface area contributed by atoms with Crippen molar-refractivity contribution in [1.29, 1.82) is 0 Å². The first kappa shape index (κ1) is 18.9. The summed E-state index contributed by atoms with van der Waals surface area (Å²) in [5.41, 5.74) is 3.33. The van der Waals surface area contributed by atoms with E-state index in [-0.39, 0.29) is 17.5 Å². The maximum atomic E-state index is 12.6. The minimum Gasteiger partial charge on any atom is -0.328 e. The molecule has 5 heteroatoms. The zero-order valence-electron chi connectivity index (χ0n) is 16.5. The third-order valence-corrected chi connectivity index (χ3v) is 5.28. The smallest absolute Gasteiger partial charge is 0.255 e. The van der Waals surface area contributed by atoms with Gasteiger partial charge in [-0.05, 0) is 49.7 Å². The molecular weight excluding hydrogens is 362 g/mol. The highest BCUT2D eigenvalue weighted by Crippen LogP contribution is 2.27. The van der Waals surface area contributed by atoms with Crippen LogP contribution >= 0.6 is 0 Å². The standard InChI is InChI=1S/C24H23N3O2/c1-27(2)19-7-5-6-17(14-19)23(28)26-18-12-10-16(11-13-18)22-15-25-24(29)21-9-4-3-8-20(21)22/h3-13,15,19H,14H2,1-2H3,(H,25,29)(H,26,28). The van der Waals surface area contributed by atoms with Crippen LogP contribution in [-0.2, 0) is 4.79 Å². The van der Waals surface area contributed by atoms with Gasteiger partial charge in [0, 0.05) is 34.4 Å². The van der Waals surface area contributed by atoms with Gasteiger partial charge in [0.25, 0.3) is 11.5 Å². The Bertz CT molecular complexity index is 1170. The lowest BCUT2D eigenvalue weighted by Crippen LogP contribution is -2.30. The number of amides is 1. The molecule has 1 aromatic heterocycles. The molecule has 0 bridgehead atoms. The van der Waals surface area contributed by atoms with Crippen molar-refractivity contribution in [1.82, 2.24) is 9.88 Å². The molecule has 1 heterocycles. The topological polar surface area (TPSA) is 65.2 Å². The number of benzene rings is 2. The van der Waals surface area contributed by atoms with E-state index in [1.807, 2.05) is 74.8 Å². The normalized spacial score (nSPS) is 16.1. The number of aromatic nitrogens is 1. The Kier molecular flexibility index (Phi) is 5.14. The number of nitrogens with one attached hydrogen (secondary N) is 2. The first-order valence-electron chi connectivity index (χ1n) is 9.59. The largest absolute Gasteiger partial charge is 0.328 e. The van der Waals surface area contributed by atoms with E-state index in [0.717, 1.165) is 27.8 Å². The average Bonchev–Trinajstić information content (AvgIpc) is 2.75. The number of fused-ring (bicyclic) bond motifs is 1. The molecule has 0 aliphatic heterocycles. The van der Waals surface area contributed by atoms with Crippen molar-refractivity contribution < 1.29 is 4.79 Å². The summed E-state index contributed by atoms with van der Waals surface area (Å²) in [7, 11) is 4.02. The van der Waals surface area contributed by atoms with E-state index in [4.69, 9.17) is 0 Å². The van der Waals surface area contributed by atoms with E-state index in [1.54, 1.807) is 6.20 Å². The van der Waals surface area contributed by atoms with Crippen LogP contribution in [0.5, 0.6) is 0 Å². The van der Waals surface area contributed by atoms with Crippen LogP contribution in [0.1, 0.15) is 6.42 Å². The fourth-order valence-electron chi connectivity index (χ4n) is 3.58. The van der Waals surface area contributed by atoms with Crippen molar-refractivity contribution in [2.75, 3.05) is 19.4 Å². The second-order valence-corrected chi connectivity index (χ2v) is 7.42. The fraction of sp³-hybridized carbons (Fsp3) is 0.167. The molecule has 0 spiro atoms. The molecule has 146 valence electrons. The predicted octanol–water partition coefficient (Wildman–Crippen LogP) is 3.95. The van der Waals surface area contributed by atoms with Crippen LogP contribution < -0.4 is 10.9 Å². The number of carbonyl (C=O) groups excluding carboxylic acids is 1. The molecule has 1 unspecified atom stereocenters. The summed E-state index contributed by atoms with van der Waals surface area (Å²) in [6.07, 6.45) is 8.33. The SMILES string of the molecule is CN(C)C1C=CC=C(C(=O)Nc2ccc(-c3c[nH]c(=O)c4ccccc34)cc2)C1. The zero-order chi connectivity index (χ0) is 20.4. The average molecular weight is 385 g/mol. The number of aromatic amines is 1. The Hall–Kier alpha value is -3.44. The first-order valence-corrected chi connectivity index (χ1v) is 9.59. The van der Waals surface area contributed by atoms with Gasteiger partial charge in [0.1, 0.15) is 0 Å². The molecule has 29 heavy (non-hydrogen) atoms. The van der Waals surface area contributed by atoms with Crippen molar-refractivity contribution >= 4 is 22.4 Å². The van der Waals surface area contributed by atoms with E-state index in [1.165, 1.54) is 0 Å². The lowest BCUT2D eigenvalue weighted by atomic mass is 9.98. The summed E-state index contributed by atoms with van der Waals surface area (Å²) in [4.78, 5) is 29.6. The number of hydrogen-bond donors (Lipinski definition) is 2. The Balaban J connectivity index is 1.54. The van der Waals surface area contributed by atoms with Crippen LogP contribution in [0, 0.1) is 0 Å². The van der Waals surface area contributed by atoms with Gasteiger partial charge >= 0.3 is 0 Å². The Morgan fingerprint density at radius 1 is 1.07 bits per heavy atom. The predicted molar refractivity (Wildman–Crippen MR) is 118 cm³/mol. The van der Waals surface area contributed by atoms with E-state index in [0.29, 0.717) is 11.8 Å². The summed E-state index contributed by atoms with van der Waals surface area (Å²) in [6, 6.07) is 15.5. The van der Waals surface area contributed by atoms with Crippen molar-refractivity contribution in [3.8, 4) is 11.1 Å². The molecule has 0 saturated carbocycles. The van der Waals surface area contributed by atoms with Gasteiger partial charge < -0.3 is 15.2 Å². The molecule has 1 aliphatic carbocycles. The minimum atomic E-state index is -0.0981.